The molecule has 17 heavy (non-hydrogen) atoms. The minimum absolute atomic E-state index is 0.00736. The molecular weight excluding hydrogens is 220 g/mol. The molecule has 1 N–H and O–H groups in total. The minimum atomic E-state index is -0.973. The van der Waals surface area contributed by atoms with Gasteiger partial charge in [0.1, 0.15) is 6.10 Å². The van der Waals surface area contributed by atoms with Crippen LogP contribution >= 0.6 is 0 Å². The number of rotatable bonds is 4. The molecule has 0 saturated carbocycles. The van der Waals surface area contributed by atoms with Crippen LogP contribution in [0, 0.1) is 0 Å². The summed E-state index contributed by atoms with van der Waals surface area (Å²) in [7, 11) is 1.53. The maximum absolute atomic E-state index is 10.9. The average Bonchev–Trinajstić information content (AvgIpc) is 2.81. The molecule has 0 fully saturated rings. The van der Waals surface area contributed by atoms with E-state index >= 15 is 0 Å². The first-order chi connectivity index (χ1) is 8.20. The van der Waals surface area contributed by atoms with E-state index in [-0.39, 0.29) is 11.7 Å². The van der Waals surface area contributed by atoms with Crippen molar-refractivity contribution in [2.75, 3.05) is 7.11 Å². The standard InChI is InChI=1S/C13H14O4/c1-16-11-7-6-9(13(14)15)8-12(11)17-10-4-2-3-5-10/h2,4,6-8,10H,3,5H2,1H3,(H,14,15). The molecule has 1 aromatic carbocycles. The highest BCUT2D eigenvalue weighted by molar-refractivity contribution is 5.88. The summed E-state index contributed by atoms with van der Waals surface area (Å²) in [6.45, 7) is 0. The fourth-order valence-electron chi connectivity index (χ4n) is 1.77. The molecule has 1 unspecified atom stereocenters. The van der Waals surface area contributed by atoms with E-state index in [9.17, 15) is 4.79 Å². The molecule has 1 aliphatic carbocycles. The van der Waals surface area contributed by atoms with Gasteiger partial charge < -0.3 is 14.6 Å². The van der Waals surface area contributed by atoms with Crippen LogP contribution in [0.5, 0.6) is 11.5 Å². The highest BCUT2D eigenvalue weighted by Crippen LogP contribution is 2.30. The van der Waals surface area contributed by atoms with Crippen molar-refractivity contribution in [2.45, 2.75) is 18.9 Å². The smallest absolute Gasteiger partial charge is 0.335 e. The number of allylic oxidation sites excluding steroid dienone is 1. The van der Waals surface area contributed by atoms with E-state index in [2.05, 4.69) is 6.08 Å². The maximum Gasteiger partial charge on any atom is 0.335 e. The van der Waals surface area contributed by atoms with Crippen molar-refractivity contribution >= 4 is 5.97 Å². The fraction of sp³-hybridized carbons (Fsp3) is 0.308. The molecule has 0 bridgehead atoms. The van der Waals surface area contributed by atoms with Crippen molar-refractivity contribution in [3.8, 4) is 11.5 Å². The minimum Gasteiger partial charge on any atom is -0.493 e. The normalized spacial score (nSPS) is 18.1. The highest BCUT2D eigenvalue weighted by Gasteiger charge is 2.15. The van der Waals surface area contributed by atoms with E-state index in [0.717, 1.165) is 12.8 Å². The van der Waals surface area contributed by atoms with Gasteiger partial charge in [-0.1, -0.05) is 6.08 Å². The second kappa shape index (κ2) is 4.91. The van der Waals surface area contributed by atoms with Crippen LogP contribution in [0.15, 0.2) is 30.4 Å². The molecule has 1 aliphatic rings. The van der Waals surface area contributed by atoms with Gasteiger partial charge in [-0.3, -0.25) is 0 Å². The molecule has 90 valence electrons. The van der Waals surface area contributed by atoms with E-state index in [1.807, 2.05) is 6.08 Å². The zero-order chi connectivity index (χ0) is 12.3. The van der Waals surface area contributed by atoms with Crippen LogP contribution in [0.4, 0.5) is 0 Å². The zero-order valence-corrected chi connectivity index (χ0v) is 9.55. The van der Waals surface area contributed by atoms with Crippen molar-refractivity contribution in [3.05, 3.63) is 35.9 Å². The summed E-state index contributed by atoms with van der Waals surface area (Å²) < 4.78 is 10.9. The van der Waals surface area contributed by atoms with Gasteiger partial charge in [-0.2, -0.15) is 0 Å². The lowest BCUT2D eigenvalue weighted by Crippen LogP contribution is -2.11. The Labute approximate surface area is 99.5 Å². The Morgan fingerprint density at radius 2 is 2.24 bits per heavy atom. The first-order valence-corrected chi connectivity index (χ1v) is 5.45. The van der Waals surface area contributed by atoms with Crippen LogP contribution < -0.4 is 9.47 Å². The fourth-order valence-corrected chi connectivity index (χ4v) is 1.77. The predicted molar refractivity (Wildman–Crippen MR) is 62.7 cm³/mol. The molecule has 1 aromatic rings. The first-order valence-electron chi connectivity index (χ1n) is 5.45. The first kappa shape index (κ1) is 11.5. The number of methoxy groups -OCH3 is 1. The van der Waals surface area contributed by atoms with Gasteiger partial charge >= 0.3 is 5.97 Å². The molecule has 0 spiro atoms. The lowest BCUT2D eigenvalue weighted by atomic mass is 10.2. The summed E-state index contributed by atoms with van der Waals surface area (Å²) in [6, 6.07) is 4.60. The number of benzene rings is 1. The monoisotopic (exact) mass is 234 g/mol. The second-order valence-electron chi connectivity index (χ2n) is 3.83. The SMILES string of the molecule is COc1ccc(C(=O)O)cc1OC1C=CCC1. The van der Waals surface area contributed by atoms with Gasteiger partial charge in [0.25, 0.3) is 0 Å². The van der Waals surface area contributed by atoms with Gasteiger partial charge in [-0.05, 0) is 37.1 Å². The third-order valence-electron chi connectivity index (χ3n) is 2.66. The van der Waals surface area contributed by atoms with Gasteiger partial charge in [0, 0.05) is 0 Å². The summed E-state index contributed by atoms with van der Waals surface area (Å²) >= 11 is 0. The Morgan fingerprint density at radius 3 is 2.82 bits per heavy atom. The van der Waals surface area contributed by atoms with Crippen molar-refractivity contribution in [1.29, 1.82) is 0 Å². The van der Waals surface area contributed by atoms with E-state index in [1.165, 1.54) is 19.2 Å². The number of ether oxygens (including phenoxy) is 2. The number of carboxylic acids is 1. The van der Waals surface area contributed by atoms with Gasteiger partial charge in [-0.25, -0.2) is 4.79 Å². The Balaban J connectivity index is 2.25. The third-order valence-corrected chi connectivity index (χ3v) is 2.66. The summed E-state index contributed by atoms with van der Waals surface area (Å²) in [5, 5.41) is 8.92. The second-order valence-corrected chi connectivity index (χ2v) is 3.83. The van der Waals surface area contributed by atoms with Crippen molar-refractivity contribution < 1.29 is 19.4 Å². The summed E-state index contributed by atoms with van der Waals surface area (Å²) in [5.41, 5.74) is 0.197. The summed E-state index contributed by atoms with van der Waals surface area (Å²) in [6.07, 6.45) is 5.95. The Kier molecular flexibility index (Phi) is 3.32. The zero-order valence-electron chi connectivity index (χ0n) is 9.55. The van der Waals surface area contributed by atoms with Crippen LogP contribution in [0.3, 0.4) is 0 Å². The Morgan fingerprint density at radius 1 is 1.41 bits per heavy atom. The number of hydrogen-bond acceptors (Lipinski definition) is 3. The van der Waals surface area contributed by atoms with Crippen molar-refractivity contribution in [3.63, 3.8) is 0 Å². The summed E-state index contributed by atoms with van der Waals surface area (Å²) in [4.78, 5) is 10.9. The van der Waals surface area contributed by atoms with Crippen LogP contribution in [0.25, 0.3) is 0 Å². The Bertz CT molecular complexity index is 451. The molecule has 0 heterocycles. The van der Waals surface area contributed by atoms with E-state index < -0.39 is 5.97 Å². The lowest BCUT2D eigenvalue weighted by molar-refractivity contribution is 0.0696. The molecule has 1 atom stereocenters. The molecule has 0 aromatic heterocycles. The van der Waals surface area contributed by atoms with Crippen molar-refractivity contribution in [1.82, 2.24) is 0 Å². The predicted octanol–water partition coefficient (Wildman–Crippen LogP) is 2.49. The van der Waals surface area contributed by atoms with Gasteiger partial charge in [-0.15, -0.1) is 0 Å². The average molecular weight is 234 g/mol. The van der Waals surface area contributed by atoms with Gasteiger partial charge in [0.05, 0.1) is 12.7 Å². The van der Waals surface area contributed by atoms with E-state index in [1.54, 1.807) is 6.07 Å². The lowest BCUT2D eigenvalue weighted by Gasteiger charge is -2.15. The number of hydrogen-bond donors (Lipinski definition) is 1. The van der Waals surface area contributed by atoms with Gasteiger partial charge in [0.15, 0.2) is 11.5 Å². The van der Waals surface area contributed by atoms with Crippen LogP contribution in [-0.4, -0.2) is 24.3 Å². The largest absolute Gasteiger partial charge is 0.493 e. The van der Waals surface area contributed by atoms with Crippen LogP contribution in [-0.2, 0) is 0 Å². The number of carbonyl (C=O) groups is 1. The summed E-state index contributed by atoms with van der Waals surface area (Å²) in [5.74, 6) is 0.0544. The molecule has 0 radical (unpaired) electrons. The van der Waals surface area contributed by atoms with E-state index in [4.69, 9.17) is 14.6 Å². The number of carboxylic acid groups (broad SMARTS) is 1. The van der Waals surface area contributed by atoms with Crippen LogP contribution in [0.1, 0.15) is 23.2 Å². The molecule has 4 heteroatoms. The quantitative estimate of drug-likeness (QED) is 0.813. The Hall–Kier alpha value is -1.97. The maximum atomic E-state index is 10.9. The molecular formula is C13H14O4. The highest BCUT2D eigenvalue weighted by atomic mass is 16.5. The van der Waals surface area contributed by atoms with Crippen LogP contribution in [0.2, 0.25) is 0 Å². The molecule has 0 aliphatic heterocycles. The van der Waals surface area contributed by atoms with E-state index in [0.29, 0.717) is 11.5 Å². The topological polar surface area (TPSA) is 55.8 Å². The molecule has 2 rings (SSSR count). The van der Waals surface area contributed by atoms with Gasteiger partial charge in [0.2, 0.25) is 0 Å². The molecule has 4 nitrogen and oxygen atoms in total. The van der Waals surface area contributed by atoms with Crippen molar-refractivity contribution in [2.24, 2.45) is 0 Å². The molecule has 0 amide bonds. The third kappa shape index (κ3) is 2.58. The molecule has 0 saturated heterocycles. The number of aromatic carboxylic acids is 1.